The lowest BCUT2D eigenvalue weighted by molar-refractivity contribution is -0.128. The predicted octanol–water partition coefficient (Wildman–Crippen LogP) is 0.852. The molecule has 0 aromatic heterocycles. The van der Waals surface area contributed by atoms with Gasteiger partial charge in [-0.1, -0.05) is 0 Å². The second-order valence-electron chi connectivity index (χ2n) is 5.75. The number of hydrogen-bond donors (Lipinski definition) is 1. The Balaban J connectivity index is 1.84. The number of halogens is 2. The number of likely N-dealkylation sites (tertiary alicyclic amines) is 1. The number of methoxy groups -OCH3 is 1. The molecule has 3 rings (SSSR count). The molecule has 2 aliphatic heterocycles. The summed E-state index contributed by atoms with van der Waals surface area (Å²) in [7, 11) is 1.19. The van der Waals surface area contributed by atoms with Gasteiger partial charge >= 0.3 is 0 Å². The lowest BCUT2D eigenvalue weighted by atomic mass is 9.85. The molecule has 0 radical (unpaired) electrons. The quantitative estimate of drug-likeness (QED) is 0.819. The third-order valence-electron chi connectivity index (χ3n) is 4.37. The van der Waals surface area contributed by atoms with Gasteiger partial charge in [-0.3, -0.25) is 19.7 Å². The zero-order valence-electron chi connectivity index (χ0n) is 12.3. The van der Waals surface area contributed by atoms with Crippen LogP contribution in [0.4, 0.5) is 8.78 Å². The number of carbonyl (C=O) groups excluding carboxylic acids is 3. The Morgan fingerprint density at radius 3 is 2.65 bits per heavy atom. The number of benzene rings is 1. The van der Waals surface area contributed by atoms with Gasteiger partial charge < -0.3 is 9.64 Å². The van der Waals surface area contributed by atoms with Crippen molar-refractivity contribution >= 4 is 17.7 Å². The van der Waals surface area contributed by atoms with Crippen LogP contribution in [-0.4, -0.2) is 42.8 Å². The van der Waals surface area contributed by atoms with Crippen molar-refractivity contribution in [3.8, 4) is 5.75 Å². The minimum Gasteiger partial charge on any atom is -0.494 e. The number of hydrogen-bond acceptors (Lipinski definition) is 4. The molecule has 1 spiro atoms. The summed E-state index contributed by atoms with van der Waals surface area (Å²) >= 11 is 0. The fourth-order valence-corrected chi connectivity index (χ4v) is 3.09. The number of imide groups is 1. The van der Waals surface area contributed by atoms with Crippen LogP contribution in [0.15, 0.2) is 12.1 Å². The molecule has 0 unspecified atom stereocenters. The van der Waals surface area contributed by atoms with Crippen LogP contribution in [-0.2, 0) is 9.59 Å². The molecule has 1 N–H and O–H groups in total. The van der Waals surface area contributed by atoms with E-state index in [-0.39, 0.29) is 31.2 Å². The van der Waals surface area contributed by atoms with E-state index in [4.69, 9.17) is 0 Å². The molecule has 6 nitrogen and oxygen atoms in total. The lowest BCUT2D eigenvalue weighted by Gasteiger charge is -2.20. The fraction of sp³-hybridized carbons (Fsp3) is 0.400. The third kappa shape index (κ3) is 2.34. The Kier molecular flexibility index (Phi) is 3.54. The van der Waals surface area contributed by atoms with E-state index in [9.17, 15) is 23.2 Å². The molecule has 2 heterocycles. The molecule has 2 aliphatic rings. The van der Waals surface area contributed by atoms with Crippen LogP contribution in [0.2, 0.25) is 0 Å². The molecule has 0 saturated carbocycles. The molecule has 0 bridgehead atoms. The molecular weight excluding hydrogens is 310 g/mol. The monoisotopic (exact) mass is 324 g/mol. The maximum atomic E-state index is 14.0. The number of carbonyl (C=O) groups is 3. The smallest absolute Gasteiger partial charge is 0.256 e. The van der Waals surface area contributed by atoms with Gasteiger partial charge in [0.2, 0.25) is 17.6 Å². The number of amides is 3. The average Bonchev–Trinajstić information content (AvgIpc) is 3.05. The summed E-state index contributed by atoms with van der Waals surface area (Å²) in [6.07, 6.45) is 0.325. The Hall–Kier alpha value is -2.51. The van der Waals surface area contributed by atoms with Gasteiger partial charge in [-0.05, 0) is 18.6 Å². The molecule has 2 fully saturated rings. The van der Waals surface area contributed by atoms with Crippen LogP contribution in [0.5, 0.6) is 5.75 Å². The Labute approximate surface area is 130 Å². The van der Waals surface area contributed by atoms with Crippen molar-refractivity contribution in [1.29, 1.82) is 0 Å². The van der Waals surface area contributed by atoms with Crippen molar-refractivity contribution in [2.24, 2.45) is 5.41 Å². The summed E-state index contributed by atoms with van der Waals surface area (Å²) in [6, 6.07) is 2.31. The van der Waals surface area contributed by atoms with E-state index >= 15 is 0 Å². The Morgan fingerprint density at radius 1 is 1.30 bits per heavy atom. The van der Waals surface area contributed by atoms with Crippen molar-refractivity contribution < 1.29 is 27.9 Å². The van der Waals surface area contributed by atoms with Gasteiger partial charge in [0.15, 0.2) is 11.6 Å². The summed E-state index contributed by atoms with van der Waals surface area (Å²) < 4.78 is 32.4. The van der Waals surface area contributed by atoms with E-state index < -0.39 is 34.4 Å². The fourth-order valence-electron chi connectivity index (χ4n) is 3.09. The van der Waals surface area contributed by atoms with E-state index in [1.165, 1.54) is 18.1 Å². The number of rotatable bonds is 2. The van der Waals surface area contributed by atoms with Gasteiger partial charge in [0, 0.05) is 19.5 Å². The van der Waals surface area contributed by atoms with E-state index in [0.29, 0.717) is 6.42 Å². The number of nitrogens with zero attached hydrogens (tertiary/aromatic N) is 1. The summed E-state index contributed by atoms with van der Waals surface area (Å²) in [4.78, 5) is 36.9. The highest BCUT2D eigenvalue weighted by Gasteiger charge is 2.52. The first kappa shape index (κ1) is 15.4. The summed E-state index contributed by atoms with van der Waals surface area (Å²) in [6.45, 7) is 0.211. The summed E-state index contributed by atoms with van der Waals surface area (Å²) in [5.74, 6) is -4.33. The van der Waals surface area contributed by atoms with Crippen molar-refractivity contribution in [3.05, 3.63) is 29.3 Å². The van der Waals surface area contributed by atoms with Crippen molar-refractivity contribution in [1.82, 2.24) is 10.2 Å². The molecule has 122 valence electrons. The number of nitrogens with one attached hydrogen (secondary N) is 1. The van der Waals surface area contributed by atoms with Crippen LogP contribution >= 0.6 is 0 Å². The van der Waals surface area contributed by atoms with Gasteiger partial charge in [-0.2, -0.15) is 4.39 Å². The van der Waals surface area contributed by atoms with Gasteiger partial charge in [0.1, 0.15) is 0 Å². The minimum absolute atomic E-state index is 0.00900. The Bertz CT molecular complexity index is 722. The molecule has 1 atom stereocenters. The maximum absolute atomic E-state index is 14.0. The van der Waals surface area contributed by atoms with E-state index in [2.05, 4.69) is 10.1 Å². The third-order valence-corrected chi connectivity index (χ3v) is 4.37. The van der Waals surface area contributed by atoms with Gasteiger partial charge in [0.25, 0.3) is 5.91 Å². The molecule has 1 aromatic rings. The van der Waals surface area contributed by atoms with Gasteiger partial charge in [0.05, 0.1) is 18.1 Å². The largest absolute Gasteiger partial charge is 0.494 e. The van der Waals surface area contributed by atoms with Crippen molar-refractivity contribution in [3.63, 3.8) is 0 Å². The van der Waals surface area contributed by atoms with Crippen molar-refractivity contribution in [2.45, 2.75) is 12.8 Å². The van der Waals surface area contributed by atoms with Gasteiger partial charge in [-0.25, -0.2) is 4.39 Å². The molecule has 0 aliphatic carbocycles. The molecule has 8 heteroatoms. The van der Waals surface area contributed by atoms with Crippen molar-refractivity contribution in [2.75, 3.05) is 20.2 Å². The zero-order valence-corrected chi connectivity index (χ0v) is 12.3. The van der Waals surface area contributed by atoms with E-state index in [0.717, 1.165) is 6.07 Å². The lowest BCUT2D eigenvalue weighted by Crippen LogP contribution is -2.37. The molecule has 3 amide bonds. The minimum atomic E-state index is -1.29. The second-order valence-corrected chi connectivity index (χ2v) is 5.75. The van der Waals surface area contributed by atoms with Crippen LogP contribution in [0.3, 0.4) is 0 Å². The van der Waals surface area contributed by atoms with E-state index in [1.54, 1.807) is 0 Å². The zero-order chi connectivity index (χ0) is 16.8. The summed E-state index contributed by atoms with van der Waals surface area (Å²) in [5.41, 5.74) is -1.38. The van der Waals surface area contributed by atoms with Crippen LogP contribution < -0.4 is 10.1 Å². The standard InChI is InChI=1S/C15H14F2N2O4/c1-23-9-3-2-8(11(16)12(9)17)13(21)19-5-4-15(7-19)6-10(20)18-14(15)22/h2-3H,4-7H2,1H3,(H,18,20,22)/t15-/m0/s1. The highest BCUT2D eigenvalue weighted by Crippen LogP contribution is 2.38. The highest BCUT2D eigenvalue weighted by molar-refractivity contribution is 6.06. The normalized spacial score (nSPS) is 23.5. The van der Waals surface area contributed by atoms with Crippen LogP contribution in [0.1, 0.15) is 23.2 Å². The van der Waals surface area contributed by atoms with Gasteiger partial charge in [-0.15, -0.1) is 0 Å². The molecule has 1 aromatic carbocycles. The first-order valence-electron chi connectivity index (χ1n) is 7.03. The average molecular weight is 324 g/mol. The number of ether oxygens (including phenoxy) is 1. The molecule has 2 saturated heterocycles. The molecule has 23 heavy (non-hydrogen) atoms. The maximum Gasteiger partial charge on any atom is 0.256 e. The first-order valence-corrected chi connectivity index (χ1v) is 7.03. The molecular formula is C15H14F2N2O4. The highest BCUT2D eigenvalue weighted by atomic mass is 19.2. The predicted molar refractivity (Wildman–Crippen MR) is 73.6 cm³/mol. The van der Waals surface area contributed by atoms with Crippen LogP contribution in [0.25, 0.3) is 0 Å². The van der Waals surface area contributed by atoms with E-state index in [1.807, 2.05) is 0 Å². The van der Waals surface area contributed by atoms with Crippen LogP contribution in [0, 0.1) is 17.0 Å². The summed E-state index contributed by atoms with van der Waals surface area (Å²) in [5, 5.41) is 2.22. The SMILES string of the molecule is COc1ccc(C(=O)N2CC[C@]3(CC(=O)NC3=O)C2)c(F)c1F. The Morgan fingerprint density at radius 2 is 2.04 bits per heavy atom. The first-order chi connectivity index (χ1) is 10.9. The topological polar surface area (TPSA) is 75.7 Å². The second kappa shape index (κ2) is 5.29.